The van der Waals surface area contributed by atoms with Crippen LogP contribution in [0.3, 0.4) is 0 Å². The summed E-state index contributed by atoms with van der Waals surface area (Å²) in [6.45, 7) is 2.89. The smallest absolute Gasteiger partial charge is 0.225 e. The number of piperazine rings is 1. The molecule has 1 fully saturated rings. The van der Waals surface area contributed by atoms with Crippen LogP contribution in [-0.2, 0) is 17.8 Å². The van der Waals surface area contributed by atoms with E-state index in [-0.39, 0.29) is 17.9 Å². The zero-order valence-corrected chi connectivity index (χ0v) is 16.7. The van der Waals surface area contributed by atoms with Gasteiger partial charge >= 0.3 is 0 Å². The van der Waals surface area contributed by atoms with Crippen LogP contribution in [-0.4, -0.2) is 46.5 Å². The maximum atomic E-state index is 13.3. The van der Waals surface area contributed by atoms with Crippen molar-refractivity contribution in [2.75, 3.05) is 29.4 Å². The van der Waals surface area contributed by atoms with Crippen LogP contribution < -0.4 is 15.1 Å². The van der Waals surface area contributed by atoms with Crippen molar-refractivity contribution in [3.05, 3.63) is 78.5 Å². The molecule has 0 spiro atoms. The molecule has 7 nitrogen and oxygen atoms in total. The van der Waals surface area contributed by atoms with Crippen LogP contribution in [0.25, 0.3) is 0 Å². The van der Waals surface area contributed by atoms with Gasteiger partial charge in [-0.25, -0.2) is 4.98 Å². The average molecular weight is 400 g/mol. The van der Waals surface area contributed by atoms with Gasteiger partial charge in [0.1, 0.15) is 5.82 Å². The molecule has 1 aromatic carbocycles. The number of hydrogen-bond donors (Lipinski definition) is 1. The van der Waals surface area contributed by atoms with E-state index in [1.165, 1.54) is 11.3 Å². The van der Waals surface area contributed by atoms with E-state index in [0.717, 1.165) is 37.6 Å². The standard InChI is InChI=1S/C23H24N6O/c30-23(27-14-18-6-3-4-8-25-18)19-13-17-5-1-2-7-20(17)29-12-11-28(16-21(19)29)22-15-24-9-10-26-22/h1-10,15,19,21H,11-14,16H2,(H,27,30). The fraction of sp³-hybridized carbons (Fsp3) is 0.304. The number of aromatic nitrogens is 3. The zero-order chi connectivity index (χ0) is 20.3. The first-order valence-electron chi connectivity index (χ1n) is 10.3. The van der Waals surface area contributed by atoms with Crippen molar-refractivity contribution in [1.29, 1.82) is 0 Å². The van der Waals surface area contributed by atoms with Crippen LogP contribution in [0, 0.1) is 5.92 Å². The van der Waals surface area contributed by atoms with Gasteiger partial charge in [0.15, 0.2) is 0 Å². The van der Waals surface area contributed by atoms with Crippen molar-refractivity contribution >= 4 is 17.4 Å². The Balaban J connectivity index is 1.39. The third-order valence-electron chi connectivity index (χ3n) is 6.00. The molecule has 0 saturated carbocycles. The fourth-order valence-corrected chi connectivity index (χ4v) is 4.53. The second-order valence-corrected chi connectivity index (χ2v) is 7.75. The molecule has 5 rings (SSSR count). The van der Waals surface area contributed by atoms with Crippen LogP contribution in [0.1, 0.15) is 11.3 Å². The van der Waals surface area contributed by atoms with Crippen molar-refractivity contribution in [3.63, 3.8) is 0 Å². The van der Waals surface area contributed by atoms with Crippen molar-refractivity contribution in [1.82, 2.24) is 20.3 Å². The van der Waals surface area contributed by atoms with Crippen molar-refractivity contribution < 1.29 is 4.79 Å². The number of benzene rings is 1. The molecular weight excluding hydrogens is 376 g/mol. The summed E-state index contributed by atoms with van der Waals surface area (Å²) < 4.78 is 0. The highest BCUT2D eigenvalue weighted by Crippen LogP contribution is 2.36. The van der Waals surface area contributed by atoms with Crippen molar-refractivity contribution in [2.24, 2.45) is 5.92 Å². The molecule has 1 N–H and O–H groups in total. The molecule has 3 aromatic rings. The van der Waals surface area contributed by atoms with Crippen molar-refractivity contribution in [3.8, 4) is 0 Å². The van der Waals surface area contributed by atoms with Gasteiger partial charge in [0.2, 0.25) is 5.91 Å². The lowest BCUT2D eigenvalue weighted by molar-refractivity contribution is -0.126. The van der Waals surface area contributed by atoms with Gasteiger partial charge in [0, 0.05) is 43.9 Å². The van der Waals surface area contributed by atoms with Crippen LogP contribution in [0.5, 0.6) is 0 Å². The number of rotatable bonds is 4. The Morgan fingerprint density at radius 2 is 1.93 bits per heavy atom. The molecule has 152 valence electrons. The molecule has 30 heavy (non-hydrogen) atoms. The molecule has 2 aliphatic heterocycles. The maximum Gasteiger partial charge on any atom is 0.225 e. The lowest BCUT2D eigenvalue weighted by atomic mass is 9.83. The van der Waals surface area contributed by atoms with Crippen LogP contribution >= 0.6 is 0 Å². The van der Waals surface area contributed by atoms with E-state index in [0.29, 0.717) is 6.54 Å². The van der Waals surface area contributed by atoms with E-state index in [1.807, 2.05) is 18.2 Å². The highest BCUT2D eigenvalue weighted by molar-refractivity contribution is 5.82. The number of para-hydroxylation sites is 1. The molecule has 1 saturated heterocycles. The number of anilines is 2. The summed E-state index contributed by atoms with van der Waals surface area (Å²) in [5.74, 6) is 0.804. The number of carbonyl (C=O) groups excluding carboxylic acids is 1. The quantitative estimate of drug-likeness (QED) is 0.723. The van der Waals surface area contributed by atoms with E-state index in [2.05, 4.69) is 54.3 Å². The van der Waals surface area contributed by atoms with Crippen LogP contribution in [0.2, 0.25) is 0 Å². The SMILES string of the molecule is O=C(NCc1ccccn1)C1Cc2ccccc2N2CCN(c3cnccn3)CC12. The van der Waals surface area contributed by atoms with Gasteiger partial charge in [-0.1, -0.05) is 24.3 Å². The van der Waals surface area contributed by atoms with Gasteiger partial charge in [0.05, 0.1) is 30.4 Å². The molecule has 1 amide bonds. The molecule has 2 atom stereocenters. The first-order chi connectivity index (χ1) is 14.8. The Morgan fingerprint density at radius 1 is 1.03 bits per heavy atom. The Bertz CT molecular complexity index is 1010. The minimum Gasteiger partial charge on any atom is -0.364 e. The summed E-state index contributed by atoms with van der Waals surface area (Å²) in [7, 11) is 0. The molecule has 0 bridgehead atoms. The van der Waals surface area contributed by atoms with Crippen LogP contribution in [0.4, 0.5) is 11.5 Å². The second kappa shape index (κ2) is 8.10. The third-order valence-corrected chi connectivity index (χ3v) is 6.00. The van der Waals surface area contributed by atoms with Gasteiger partial charge in [-0.15, -0.1) is 0 Å². The highest BCUT2D eigenvalue weighted by Gasteiger charge is 2.41. The Hall–Kier alpha value is -3.48. The fourth-order valence-electron chi connectivity index (χ4n) is 4.53. The summed E-state index contributed by atoms with van der Waals surface area (Å²) in [6.07, 6.45) is 7.68. The Morgan fingerprint density at radius 3 is 2.77 bits per heavy atom. The summed E-state index contributed by atoms with van der Waals surface area (Å²) in [5.41, 5.74) is 3.35. The number of carbonyl (C=O) groups is 1. The van der Waals surface area contributed by atoms with Crippen molar-refractivity contribution in [2.45, 2.75) is 19.0 Å². The lowest BCUT2D eigenvalue weighted by Gasteiger charge is -2.49. The zero-order valence-electron chi connectivity index (χ0n) is 16.7. The normalized spacial score (nSPS) is 20.3. The van der Waals surface area contributed by atoms with E-state index in [9.17, 15) is 4.79 Å². The minimum absolute atomic E-state index is 0.0751. The molecule has 2 aromatic heterocycles. The number of fused-ring (bicyclic) bond motifs is 3. The Kier molecular flexibility index (Phi) is 5.01. The molecule has 4 heterocycles. The van der Waals surface area contributed by atoms with Gasteiger partial charge in [-0.05, 0) is 30.2 Å². The number of nitrogens with one attached hydrogen (secondary N) is 1. The van der Waals surface area contributed by atoms with Gasteiger partial charge < -0.3 is 15.1 Å². The molecule has 0 aliphatic carbocycles. The van der Waals surface area contributed by atoms with E-state index in [4.69, 9.17) is 0 Å². The minimum atomic E-state index is -0.136. The molecule has 2 unspecified atom stereocenters. The van der Waals surface area contributed by atoms with E-state index < -0.39 is 0 Å². The van der Waals surface area contributed by atoms with Crippen LogP contribution in [0.15, 0.2) is 67.3 Å². The lowest BCUT2D eigenvalue weighted by Crippen LogP contribution is -2.61. The first kappa shape index (κ1) is 18.5. The largest absolute Gasteiger partial charge is 0.364 e. The van der Waals surface area contributed by atoms with Gasteiger partial charge in [-0.3, -0.25) is 14.8 Å². The highest BCUT2D eigenvalue weighted by atomic mass is 16.1. The Labute approximate surface area is 175 Å². The number of nitrogens with zero attached hydrogens (tertiary/aromatic N) is 5. The molecular formula is C23H24N6O. The van der Waals surface area contributed by atoms with E-state index in [1.54, 1.807) is 24.8 Å². The average Bonchev–Trinajstić information content (AvgIpc) is 2.83. The first-order valence-corrected chi connectivity index (χ1v) is 10.3. The maximum absolute atomic E-state index is 13.3. The molecule has 7 heteroatoms. The summed E-state index contributed by atoms with van der Waals surface area (Å²) >= 11 is 0. The van der Waals surface area contributed by atoms with Gasteiger partial charge in [0.25, 0.3) is 0 Å². The van der Waals surface area contributed by atoms with E-state index >= 15 is 0 Å². The third kappa shape index (κ3) is 3.58. The monoisotopic (exact) mass is 400 g/mol. The predicted octanol–water partition coefficient (Wildman–Crippen LogP) is 2.06. The number of hydrogen-bond acceptors (Lipinski definition) is 6. The topological polar surface area (TPSA) is 74.2 Å². The number of pyridine rings is 1. The van der Waals surface area contributed by atoms with Gasteiger partial charge in [-0.2, -0.15) is 0 Å². The number of amides is 1. The molecule has 0 radical (unpaired) electrons. The molecule has 2 aliphatic rings. The summed E-state index contributed by atoms with van der Waals surface area (Å²) in [5, 5.41) is 3.11. The predicted molar refractivity (Wildman–Crippen MR) is 115 cm³/mol. The second-order valence-electron chi connectivity index (χ2n) is 7.75. The summed E-state index contributed by atoms with van der Waals surface area (Å²) in [6, 6.07) is 14.3. The summed E-state index contributed by atoms with van der Waals surface area (Å²) in [4.78, 5) is 30.9.